The third-order valence-corrected chi connectivity index (χ3v) is 3.38. The third-order valence-electron chi connectivity index (χ3n) is 3.38. The van der Waals surface area contributed by atoms with Crippen molar-refractivity contribution in [3.05, 3.63) is 53.5 Å². The lowest BCUT2D eigenvalue weighted by Crippen LogP contribution is -2.28. The standard InChI is InChI=1S/C14H12BN3O2/c1-16-11-3-6-14(17-8-11)18(2)12-4-5-13-10(7-12)9-20-15(13)19/h3-8,19H,9H2,2H3. The summed E-state index contributed by atoms with van der Waals surface area (Å²) < 4.78 is 5.18. The molecule has 0 atom stereocenters. The Kier molecular flexibility index (Phi) is 3.14. The molecule has 98 valence electrons. The highest BCUT2D eigenvalue weighted by molar-refractivity contribution is 6.61. The van der Waals surface area contributed by atoms with Crippen LogP contribution in [0.4, 0.5) is 17.2 Å². The highest BCUT2D eigenvalue weighted by Crippen LogP contribution is 2.25. The zero-order valence-corrected chi connectivity index (χ0v) is 10.9. The van der Waals surface area contributed by atoms with E-state index in [4.69, 9.17) is 11.2 Å². The Morgan fingerprint density at radius 3 is 2.95 bits per heavy atom. The second kappa shape index (κ2) is 4.97. The summed E-state index contributed by atoms with van der Waals surface area (Å²) in [5.41, 5.74) is 3.29. The van der Waals surface area contributed by atoms with E-state index in [0.717, 1.165) is 22.5 Å². The first kappa shape index (κ1) is 12.7. The number of benzene rings is 1. The molecule has 1 aromatic carbocycles. The van der Waals surface area contributed by atoms with E-state index in [1.54, 1.807) is 12.3 Å². The maximum absolute atomic E-state index is 9.61. The summed E-state index contributed by atoms with van der Waals surface area (Å²) in [4.78, 5) is 9.52. The quantitative estimate of drug-likeness (QED) is 0.662. The number of hydrogen-bond donors (Lipinski definition) is 1. The molecule has 1 aromatic heterocycles. The Hall–Kier alpha value is -2.36. The highest BCUT2D eigenvalue weighted by atomic mass is 16.5. The van der Waals surface area contributed by atoms with E-state index in [0.29, 0.717) is 12.3 Å². The van der Waals surface area contributed by atoms with Gasteiger partial charge in [0, 0.05) is 18.9 Å². The first-order valence-electron chi connectivity index (χ1n) is 6.19. The maximum Gasteiger partial charge on any atom is 0.491 e. The largest absolute Gasteiger partial charge is 0.491 e. The zero-order chi connectivity index (χ0) is 14.1. The second-order valence-electron chi connectivity index (χ2n) is 4.59. The fourth-order valence-corrected chi connectivity index (χ4v) is 2.20. The SMILES string of the molecule is [C-]#[N+]c1ccc(N(C)c2ccc3c(c2)COB3O)nc1. The molecule has 1 aliphatic heterocycles. The van der Waals surface area contributed by atoms with Gasteiger partial charge < -0.3 is 14.6 Å². The fourth-order valence-electron chi connectivity index (χ4n) is 2.20. The predicted octanol–water partition coefficient (Wildman–Crippen LogP) is 1.62. The minimum atomic E-state index is -0.819. The molecule has 2 heterocycles. The molecule has 0 saturated carbocycles. The Balaban J connectivity index is 1.90. The van der Waals surface area contributed by atoms with Crippen LogP contribution >= 0.6 is 0 Å². The van der Waals surface area contributed by atoms with Crippen LogP contribution in [-0.4, -0.2) is 24.2 Å². The van der Waals surface area contributed by atoms with Crippen molar-refractivity contribution >= 4 is 29.8 Å². The Labute approximate surface area is 117 Å². The molecule has 0 radical (unpaired) electrons. The van der Waals surface area contributed by atoms with Gasteiger partial charge in [-0.25, -0.2) is 4.85 Å². The van der Waals surface area contributed by atoms with Gasteiger partial charge >= 0.3 is 7.12 Å². The van der Waals surface area contributed by atoms with Crippen molar-refractivity contribution in [3.63, 3.8) is 0 Å². The van der Waals surface area contributed by atoms with Gasteiger partial charge in [-0.15, -0.1) is 0 Å². The van der Waals surface area contributed by atoms with Crippen LogP contribution in [0.2, 0.25) is 0 Å². The van der Waals surface area contributed by atoms with Crippen LogP contribution in [0.3, 0.4) is 0 Å². The van der Waals surface area contributed by atoms with Gasteiger partial charge in [-0.2, -0.15) is 0 Å². The van der Waals surface area contributed by atoms with E-state index < -0.39 is 7.12 Å². The summed E-state index contributed by atoms with van der Waals surface area (Å²) in [6.07, 6.45) is 1.55. The smallest absolute Gasteiger partial charge is 0.423 e. The van der Waals surface area contributed by atoms with Gasteiger partial charge in [-0.3, -0.25) is 4.98 Å². The van der Waals surface area contributed by atoms with Crippen molar-refractivity contribution in [3.8, 4) is 0 Å². The molecular weight excluding hydrogens is 253 g/mol. The first-order valence-corrected chi connectivity index (χ1v) is 6.19. The van der Waals surface area contributed by atoms with Crippen LogP contribution < -0.4 is 10.4 Å². The van der Waals surface area contributed by atoms with Gasteiger partial charge in [0.15, 0.2) is 0 Å². The Morgan fingerprint density at radius 1 is 1.40 bits per heavy atom. The molecule has 0 aliphatic carbocycles. The lowest BCUT2D eigenvalue weighted by atomic mass is 9.79. The molecule has 0 bridgehead atoms. The predicted molar refractivity (Wildman–Crippen MR) is 77.4 cm³/mol. The number of anilines is 2. The summed E-state index contributed by atoms with van der Waals surface area (Å²) in [7, 11) is 1.09. The second-order valence-corrected chi connectivity index (χ2v) is 4.59. The van der Waals surface area contributed by atoms with Crippen LogP contribution in [0.1, 0.15) is 5.56 Å². The van der Waals surface area contributed by atoms with Gasteiger partial charge in [-0.1, -0.05) is 12.1 Å². The lowest BCUT2D eigenvalue weighted by molar-refractivity contribution is 0.275. The van der Waals surface area contributed by atoms with Gasteiger partial charge in [0.1, 0.15) is 5.82 Å². The molecule has 0 spiro atoms. The van der Waals surface area contributed by atoms with Crippen molar-refractivity contribution in [1.82, 2.24) is 4.98 Å². The van der Waals surface area contributed by atoms with Gasteiger partial charge in [0.2, 0.25) is 5.69 Å². The van der Waals surface area contributed by atoms with E-state index >= 15 is 0 Å². The molecule has 0 saturated heterocycles. The molecule has 1 N–H and O–H groups in total. The van der Waals surface area contributed by atoms with E-state index in [9.17, 15) is 5.02 Å². The van der Waals surface area contributed by atoms with Crippen molar-refractivity contribution in [2.75, 3.05) is 11.9 Å². The minimum Gasteiger partial charge on any atom is -0.423 e. The first-order chi connectivity index (χ1) is 9.69. The van der Waals surface area contributed by atoms with Gasteiger partial charge in [-0.05, 0) is 29.2 Å². The van der Waals surface area contributed by atoms with Crippen molar-refractivity contribution in [2.45, 2.75) is 6.61 Å². The number of rotatable bonds is 2. The lowest BCUT2D eigenvalue weighted by Gasteiger charge is -2.19. The van der Waals surface area contributed by atoms with E-state index in [2.05, 4.69) is 9.83 Å². The average molecular weight is 265 g/mol. The molecule has 0 fully saturated rings. The summed E-state index contributed by atoms with van der Waals surface area (Å²) in [5.74, 6) is 0.761. The molecular formula is C14H12BN3O2. The average Bonchev–Trinajstić information content (AvgIpc) is 2.87. The zero-order valence-electron chi connectivity index (χ0n) is 10.9. The minimum absolute atomic E-state index is 0.419. The molecule has 2 aromatic rings. The number of fused-ring (bicyclic) bond motifs is 1. The van der Waals surface area contributed by atoms with Crippen LogP contribution in [0.5, 0.6) is 0 Å². The molecule has 0 amide bonds. The summed E-state index contributed by atoms with van der Waals surface area (Å²) in [5, 5.41) is 9.61. The monoisotopic (exact) mass is 265 g/mol. The summed E-state index contributed by atoms with van der Waals surface area (Å²) in [6.45, 7) is 7.34. The van der Waals surface area contributed by atoms with E-state index in [1.807, 2.05) is 36.2 Å². The molecule has 20 heavy (non-hydrogen) atoms. The highest BCUT2D eigenvalue weighted by Gasteiger charge is 2.27. The van der Waals surface area contributed by atoms with E-state index in [1.165, 1.54) is 0 Å². The van der Waals surface area contributed by atoms with Crippen molar-refractivity contribution in [1.29, 1.82) is 0 Å². The molecule has 5 nitrogen and oxygen atoms in total. The molecule has 6 heteroatoms. The van der Waals surface area contributed by atoms with Crippen LogP contribution in [0, 0.1) is 6.57 Å². The third kappa shape index (κ3) is 2.13. The van der Waals surface area contributed by atoms with Crippen LogP contribution in [-0.2, 0) is 11.3 Å². The number of aromatic nitrogens is 1. The summed E-state index contributed by atoms with van der Waals surface area (Å²) in [6, 6.07) is 9.32. The Morgan fingerprint density at radius 2 is 2.25 bits per heavy atom. The summed E-state index contributed by atoms with van der Waals surface area (Å²) >= 11 is 0. The van der Waals surface area contributed by atoms with Gasteiger partial charge in [0.05, 0.1) is 13.2 Å². The van der Waals surface area contributed by atoms with Gasteiger partial charge in [0.25, 0.3) is 0 Å². The maximum atomic E-state index is 9.61. The fraction of sp³-hybridized carbons (Fsp3) is 0.143. The van der Waals surface area contributed by atoms with Crippen molar-refractivity contribution < 1.29 is 9.68 Å². The number of pyridine rings is 1. The molecule has 3 rings (SSSR count). The number of hydrogen-bond acceptors (Lipinski definition) is 4. The van der Waals surface area contributed by atoms with Crippen molar-refractivity contribution in [2.24, 2.45) is 0 Å². The molecule has 1 aliphatic rings. The van der Waals surface area contributed by atoms with Crippen LogP contribution in [0.25, 0.3) is 4.85 Å². The topological polar surface area (TPSA) is 50.0 Å². The van der Waals surface area contributed by atoms with Crippen LogP contribution in [0.15, 0.2) is 36.5 Å². The van der Waals surface area contributed by atoms with E-state index in [-0.39, 0.29) is 0 Å². The number of nitrogens with zero attached hydrogens (tertiary/aromatic N) is 3. The normalized spacial score (nSPS) is 12.9. The molecule has 0 unspecified atom stereocenters. The Bertz CT molecular complexity index is 682.